The van der Waals surface area contributed by atoms with Crippen LogP contribution in [-0.2, 0) is 22.7 Å². The smallest absolute Gasteiger partial charge is 0.342 e. The number of nitrogens with zero attached hydrogens (tertiary/aromatic N) is 1. The highest BCUT2D eigenvalue weighted by Crippen LogP contribution is 2.33. The van der Waals surface area contributed by atoms with E-state index in [-0.39, 0.29) is 25.7 Å². The Kier molecular flexibility index (Phi) is 3.98. The lowest BCUT2D eigenvalue weighted by Crippen LogP contribution is -2.15. The second-order valence-corrected chi connectivity index (χ2v) is 4.93. The maximum Gasteiger partial charge on any atom is 0.342 e. The molecule has 8 nitrogen and oxygen atoms in total. The van der Waals surface area contributed by atoms with Gasteiger partial charge in [-0.2, -0.15) is 0 Å². The first-order valence-corrected chi connectivity index (χ1v) is 6.78. The summed E-state index contributed by atoms with van der Waals surface area (Å²) in [4.78, 5) is 22.5. The summed E-state index contributed by atoms with van der Waals surface area (Å²) in [7, 11) is 0. The van der Waals surface area contributed by atoms with Crippen LogP contribution in [-0.4, -0.2) is 17.7 Å². The zero-order chi connectivity index (χ0) is 16.4. The third kappa shape index (κ3) is 3.02. The Morgan fingerprint density at radius 1 is 1.43 bits per heavy atom. The number of rotatable bonds is 4. The molecule has 2 aromatic rings. The van der Waals surface area contributed by atoms with E-state index >= 15 is 0 Å². The van der Waals surface area contributed by atoms with Crippen molar-refractivity contribution in [3.05, 3.63) is 57.0 Å². The van der Waals surface area contributed by atoms with E-state index in [4.69, 9.17) is 18.6 Å². The fourth-order valence-electron chi connectivity index (χ4n) is 2.31. The van der Waals surface area contributed by atoms with Crippen LogP contribution in [0.15, 0.2) is 28.9 Å². The number of carbonyl (C=O) groups excluding carboxylic acids is 1. The molecule has 3 rings (SSSR count). The number of ether oxygens (including phenoxy) is 3. The number of aryl methyl sites for hydroxylation is 1. The summed E-state index contributed by atoms with van der Waals surface area (Å²) >= 11 is 0. The van der Waals surface area contributed by atoms with Crippen molar-refractivity contribution in [3.8, 4) is 5.75 Å². The van der Waals surface area contributed by atoms with Crippen molar-refractivity contribution in [1.82, 2.24) is 0 Å². The van der Waals surface area contributed by atoms with Crippen LogP contribution in [0, 0.1) is 17.0 Å². The number of nitro benzene ring substituents is 1. The summed E-state index contributed by atoms with van der Waals surface area (Å²) in [6, 6.07) is 4.23. The van der Waals surface area contributed by atoms with Gasteiger partial charge in [-0.1, -0.05) is 0 Å². The summed E-state index contributed by atoms with van der Waals surface area (Å²) < 4.78 is 20.8. The number of hydrogen-bond donors (Lipinski definition) is 0. The molecule has 8 heteroatoms. The summed E-state index contributed by atoms with van der Waals surface area (Å²) in [6.07, 6.45) is 1.39. The van der Waals surface area contributed by atoms with Gasteiger partial charge in [-0.3, -0.25) is 10.1 Å². The van der Waals surface area contributed by atoms with Crippen LogP contribution in [0.3, 0.4) is 0 Å². The minimum Gasteiger partial charge on any atom is -0.469 e. The van der Waals surface area contributed by atoms with Crippen molar-refractivity contribution in [2.45, 2.75) is 20.1 Å². The molecule has 1 aromatic heterocycles. The molecule has 1 aliphatic rings. The van der Waals surface area contributed by atoms with Crippen LogP contribution in [0.2, 0.25) is 0 Å². The largest absolute Gasteiger partial charge is 0.469 e. The fraction of sp³-hybridized carbons (Fsp3) is 0.267. The SMILES string of the molecule is Cc1occc1C(=O)OCc1cc([N+](=O)[O-])cc2c1OCOC2. The lowest BCUT2D eigenvalue weighted by molar-refractivity contribution is -0.385. The number of non-ortho nitro benzene ring substituents is 1. The Hall–Kier alpha value is -2.87. The Balaban J connectivity index is 1.84. The Bertz CT molecular complexity index is 765. The minimum atomic E-state index is -0.566. The second-order valence-electron chi connectivity index (χ2n) is 4.93. The van der Waals surface area contributed by atoms with E-state index in [0.717, 1.165) is 0 Å². The molecule has 120 valence electrons. The van der Waals surface area contributed by atoms with Gasteiger partial charge in [0.05, 0.1) is 17.8 Å². The molecule has 0 bridgehead atoms. The molecule has 0 radical (unpaired) electrons. The van der Waals surface area contributed by atoms with Crippen LogP contribution in [0.5, 0.6) is 5.75 Å². The quantitative estimate of drug-likeness (QED) is 0.485. The van der Waals surface area contributed by atoms with E-state index in [1.165, 1.54) is 24.5 Å². The molecular formula is C15H13NO7. The molecule has 1 aliphatic heterocycles. The molecule has 2 heterocycles. The highest BCUT2D eigenvalue weighted by molar-refractivity contribution is 5.90. The fourth-order valence-corrected chi connectivity index (χ4v) is 2.31. The summed E-state index contributed by atoms with van der Waals surface area (Å²) in [6.45, 7) is 1.76. The summed E-state index contributed by atoms with van der Waals surface area (Å²) in [5, 5.41) is 11.0. The van der Waals surface area contributed by atoms with Gasteiger partial charge in [0.1, 0.15) is 23.7 Å². The standard InChI is InChI=1S/C15H13NO7/c1-9-13(2-3-21-9)15(17)22-7-11-5-12(16(18)19)4-10-6-20-8-23-14(10)11/h2-5H,6-8H2,1H3. The maximum atomic E-state index is 12.0. The molecule has 0 fully saturated rings. The van der Waals surface area contributed by atoms with E-state index in [1.54, 1.807) is 6.92 Å². The van der Waals surface area contributed by atoms with Crippen LogP contribution in [0.25, 0.3) is 0 Å². The van der Waals surface area contributed by atoms with Gasteiger partial charge < -0.3 is 18.6 Å². The maximum absolute atomic E-state index is 12.0. The van der Waals surface area contributed by atoms with Crippen molar-refractivity contribution in [2.75, 3.05) is 6.79 Å². The predicted octanol–water partition coefficient (Wildman–Crippen LogP) is 2.72. The molecule has 23 heavy (non-hydrogen) atoms. The summed E-state index contributed by atoms with van der Waals surface area (Å²) in [5.74, 6) is 0.336. The number of benzene rings is 1. The Morgan fingerprint density at radius 2 is 2.26 bits per heavy atom. The molecule has 0 saturated heterocycles. The van der Waals surface area contributed by atoms with E-state index < -0.39 is 10.9 Å². The monoisotopic (exact) mass is 319 g/mol. The van der Waals surface area contributed by atoms with E-state index in [9.17, 15) is 14.9 Å². The van der Waals surface area contributed by atoms with Crippen molar-refractivity contribution in [3.63, 3.8) is 0 Å². The first-order chi connectivity index (χ1) is 11.1. The molecule has 0 spiro atoms. The highest BCUT2D eigenvalue weighted by Gasteiger charge is 2.22. The second kappa shape index (κ2) is 6.09. The normalized spacial score (nSPS) is 13.1. The van der Waals surface area contributed by atoms with Gasteiger partial charge in [0.2, 0.25) is 0 Å². The van der Waals surface area contributed by atoms with Crippen molar-refractivity contribution in [2.24, 2.45) is 0 Å². The molecule has 1 aromatic carbocycles. The molecule has 0 atom stereocenters. The third-order valence-corrected chi connectivity index (χ3v) is 3.42. The lowest BCUT2D eigenvalue weighted by atomic mass is 10.1. The first kappa shape index (κ1) is 15.0. The van der Waals surface area contributed by atoms with Crippen molar-refractivity contribution in [1.29, 1.82) is 0 Å². The lowest BCUT2D eigenvalue weighted by Gasteiger charge is -2.20. The van der Waals surface area contributed by atoms with Gasteiger partial charge >= 0.3 is 5.97 Å². The Morgan fingerprint density at radius 3 is 2.96 bits per heavy atom. The van der Waals surface area contributed by atoms with Crippen molar-refractivity contribution >= 4 is 11.7 Å². The zero-order valence-corrected chi connectivity index (χ0v) is 12.2. The first-order valence-electron chi connectivity index (χ1n) is 6.78. The van der Waals surface area contributed by atoms with E-state index in [0.29, 0.717) is 28.2 Å². The van der Waals surface area contributed by atoms with E-state index in [2.05, 4.69) is 0 Å². The van der Waals surface area contributed by atoms with Gasteiger partial charge in [0, 0.05) is 23.3 Å². The highest BCUT2D eigenvalue weighted by atomic mass is 16.7. The number of furan rings is 1. The predicted molar refractivity (Wildman–Crippen MR) is 75.9 cm³/mol. The van der Waals surface area contributed by atoms with E-state index in [1.807, 2.05) is 0 Å². The number of esters is 1. The molecule has 0 saturated carbocycles. The molecule has 0 amide bonds. The van der Waals surface area contributed by atoms with Gasteiger partial charge in [0.25, 0.3) is 5.69 Å². The molecule has 0 aliphatic carbocycles. The van der Waals surface area contributed by atoms with Gasteiger partial charge in [-0.05, 0) is 13.0 Å². The number of nitro groups is 1. The van der Waals surface area contributed by atoms with Crippen LogP contribution in [0.1, 0.15) is 27.2 Å². The topological polar surface area (TPSA) is 101 Å². The molecule has 0 unspecified atom stereocenters. The van der Waals surface area contributed by atoms with Gasteiger partial charge in [-0.25, -0.2) is 4.79 Å². The number of hydrogen-bond acceptors (Lipinski definition) is 7. The number of fused-ring (bicyclic) bond motifs is 1. The zero-order valence-electron chi connectivity index (χ0n) is 12.2. The minimum absolute atomic E-state index is 0.0482. The van der Waals surface area contributed by atoms with Gasteiger partial charge in [-0.15, -0.1) is 0 Å². The number of carbonyl (C=O) groups is 1. The van der Waals surface area contributed by atoms with Crippen molar-refractivity contribution < 1.29 is 28.3 Å². The Labute approximate surface area is 130 Å². The van der Waals surface area contributed by atoms with Crippen LogP contribution in [0.4, 0.5) is 5.69 Å². The average molecular weight is 319 g/mol. The van der Waals surface area contributed by atoms with Crippen LogP contribution < -0.4 is 4.74 Å². The summed E-state index contributed by atoms with van der Waals surface area (Å²) in [5.41, 5.74) is 1.18. The average Bonchev–Trinajstić information content (AvgIpc) is 2.98. The third-order valence-electron chi connectivity index (χ3n) is 3.42. The molecule has 0 N–H and O–H groups in total. The molecular weight excluding hydrogens is 306 g/mol. The van der Waals surface area contributed by atoms with Crippen LogP contribution >= 0.6 is 0 Å². The van der Waals surface area contributed by atoms with Gasteiger partial charge in [0.15, 0.2) is 6.79 Å².